The highest BCUT2D eigenvalue weighted by molar-refractivity contribution is 8.13. The first-order valence-corrected chi connectivity index (χ1v) is 6.26. The number of thioether (sulfide) groups is 1. The summed E-state index contributed by atoms with van der Waals surface area (Å²) in [6, 6.07) is 5.89. The summed E-state index contributed by atoms with van der Waals surface area (Å²) in [5.74, 6) is 0.546. The SMILES string of the molecule is N#CCc1c(CSC(=N)N)cnc2ncccc12. The fourth-order valence-electron chi connectivity index (χ4n) is 1.69. The predicted octanol–water partition coefficient (Wildman–Crippen LogP) is 1.82. The molecule has 0 aliphatic heterocycles. The van der Waals surface area contributed by atoms with E-state index < -0.39 is 0 Å². The van der Waals surface area contributed by atoms with Gasteiger partial charge < -0.3 is 5.73 Å². The van der Waals surface area contributed by atoms with Gasteiger partial charge in [-0.15, -0.1) is 0 Å². The molecule has 2 aromatic rings. The van der Waals surface area contributed by atoms with Gasteiger partial charge in [0, 0.05) is 23.5 Å². The van der Waals surface area contributed by atoms with E-state index in [1.54, 1.807) is 12.4 Å². The van der Waals surface area contributed by atoms with Crippen molar-refractivity contribution in [2.45, 2.75) is 12.2 Å². The molecule has 0 bridgehead atoms. The minimum atomic E-state index is 0.0594. The molecular formula is C12H11N5S. The lowest BCUT2D eigenvalue weighted by Gasteiger charge is -2.08. The molecule has 0 saturated carbocycles. The van der Waals surface area contributed by atoms with Gasteiger partial charge in [-0.2, -0.15) is 5.26 Å². The lowest BCUT2D eigenvalue weighted by molar-refractivity contribution is 1.16. The van der Waals surface area contributed by atoms with Crippen molar-refractivity contribution >= 4 is 28.0 Å². The van der Waals surface area contributed by atoms with Crippen molar-refractivity contribution in [3.8, 4) is 6.07 Å². The summed E-state index contributed by atoms with van der Waals surface area (Å²) < 4.78 is 0. The van der Waals surface area contributed by atoms with Crippen molar-refractivity contribution in [2.24, 2.45) is 5.73 Å². The monoisotopic (exact) mass is 257 g/mol. The van der Waals surface area contributed by atoms with E-state index >= 15 is 0 Å². The second-order valence-electron chi connectivity index (χ2n) is 3.62. The highest BCUT2D eigenvalue weighted by Gasteiger charge is 2.09. The van der Waals surface area contributed by atoms with Crippen LogP contribution in [0.1, 0.15) is 11.1 Å². The summed E-state index contributed by atoms with van der Waals surface area (Å²) in [5, 5.41) is 17.1. The zero-order valence-electron chi connectivity index (χ0n) is 9.55. The van der Waals surface area contributed by atoms with E-state index in [0.29, 0.717) is 17.8 Å². The van der Waals surface area contributed by atoms with Gasteiger partial charge in [0.1, 0.15) is 0 Å². The average molecular weight is 257 g/mol. The molecule has 0 aliphatic rings. The Morgan fingerprint density at radius 1 is 1.50 bits per heavy atom. The fourth-order valence-corrected chi connectivity index (χ4v) is 2.25. The largest absolute Gasteiger partial charge is 0.379 e. The molecule has 0 unspecified atom stereocenters. The molecule has 0 amide bonds. The molecule has 0 atom stereocenters. The molecule has 90 valence electrons. The number of hydrogen-bond donors (Lipinski definition) is 2. The van der Waals surface area contributed by atoms with Crippen LogP contribution in [-0.2, 0) is 12.2 Å². The second kappa shape index (κ2) is 5.47. The number of rotatable bonds is 3. The number of pyridine rings is 2. The highest BCUT2D eigenvalue weighted by atomic mass is 32.2. The molecule has 0 aromatic carbocycles. The van der Waals surface area contributed by atoms with Gasteiger partial charge in [-0.1, -0.05) is 11.8 Å². The lowest BCUT2D eigenvalue weighted by Crippen LogP contribution is -2.05. The molecule has 2 aromatic heterocycles. The number of nitrogens with zero attached hydrogens (tertiary/aromatic N) is 3. The maximum absolute atomic E-state index is 8.92. The lowest BCUT2D eigenvalue weighted by atomic mass is 10.0. The van der Waals surface area contributed by atoms with Crippen LogP contribution in [0.5, 0.6) is 0 Å². The van der Waals surface area contributed by atoms with Gasteiger partial charge in [-0.25, -0.2) is 9.97 Å². The third kappa shape index (κ3) is 2.57. The Labute approximate surface area is 109 Å². The van der Waals surface area contributed by atoms with E-state index in [1.807, 2.05) is 12.1 Å². The first kappa shape index (κ1) is 12.3. The number of hydrogen-bond acceptors (Lipinski definition) is 5. The zero-order valence-corrected chi connectivity index (χ0v) is 10.4. The van der Waals surface area contributed by atoms with Crippen LogP contribution in [0, 0.1) is 16.7 Å². The number of aromatic nitrogens is 2. The number of amidine groups is 1. The van der Waals surface area contributed by atoms with E-state index in [2.05, 4.69) is 16.0 Å². The molecule has 18 heavy (non-hydrogen) atoms. The van der Waals surface area contributed by atoms with Crippen molar-refractivity contribution in [3.05, 3.63) is 35.7 Å². The maximum atomic E-state index is 8.92. The van der Waals surface area contributed by atoms with Gasteiger partial charge in [-0.3, -0.25) is 5.41 Å². The van der Waals surface area contributed by atoms with Crippen LogP contribution in [0.25, 0.3) is 11.0 Å². The topological polar surface area (TPSA) is 99.4 Å². The quantitative estimate of drug-likeness (QED) is 0.645. The van der Waals surface area contributed by atoms with Gasteiger partial charge in [-0.05, 0) is 23.3 Å². The van der Waals surface area contributed by atoms with Crippen molar-refractivity contribution in [2.75, 3.05) is 0 Å². The standard InChI is InChI=1S/C12H11N5S/c13-4-3-9-8(7-18-12(14)15)6-17-11-10(9)2-1-5-16-11/h1-2,5-6H,3,7H2,(H3,14,15). The van der Waals surface area contributed by atoms with Crippen LogP contribution >= 0.6 is 11.8 Å². The Morgan fingerprint density at radius 3 is 3.06 bits per heavy atom. The smallest absolute Gasteiger partial charge is 0.159 e. The molecule has 5 nitrogen and oxygen atoms in total. The minimum Gasteiger partial charge on any atom is -0.379 e. The Morgan fingerprint density at radius 2 is 2.33 bits per heavy atom. The summed E-state index contributed by atoms with van der Waals surface area (Å²) in [6.07, 6.45) is 3.69. The number of fused-ring (bicyclic) bond motifs is 1. The van der Waals surface area contributed by atoms with Gasteiger partial charge in [0.05, 0.1) is 12.5 Å². The van der Waals surface area contributed by atoms with Gasteiger partial charge in [0.15, 0.2) is 10.8 Å². The van der Waals surface area contributed by atoms with E-state index in [1.165, 1.54) is 11.8 Å². The average Bonchev–Trinajstić information content (AvgIpc) is 2.38. The first-order valence-electron chi connectivity index (χ1n) is 5.27. The van der Waals surface area contributed by atoms with Crippen molar-refractivity contribution in [1.82, 2.24) is 9.97 Å². The molecule has 0 fully saturated rings. The van der Waals surface area contributed by atoms with Crippen LogP contribution in [-0.4, -0.2) is 15.1 Å². The molecule has 0 aliphatic carbocycles. The normalized spacial score (nSPS) is 10.2. The minimum absolute atomic E-state index is 0.0594. The van der Waals surface area contributed by atoms with Crippen molar-refractivity contribution in [3.63, 3.8) is 0 Å². The molecule has 0 saturated heterocycles. The molecule has 3 N–H and O–H groups in total. The van der Waals surface area contributed by atoms with Gasteiger partial charge in [0.25, 0.3) is 0 Å². The first-order chi connectivity index (χ1) is 8.72. The van der Waals surface area contributed by atoms with Crippen LogP contribution in [0.2, 0.25) is 0 Å². The Hall–Kier alpha value is -2.13. The van der Waals surface area contributed by atoms with E-state index in [9.17, 15) is 0 Å². The molecule has 6 heteroatoms. The number of nitrogens with two attached hydrogens (primary N) is 1. The molecule has 2 rings (SSSR count). The summed E-state index contributed by atoms with van der Waals surface area (Å²) in [4.78, 5) is 8.42. The van der Waals surface area contributed by atoms with E-state index in [4.69, 9.17) is 16.4 Å². The van der Waals surface area contributed by atoms with Crippen LogP contribution in [0.15, 0.2) is 24.5 Å². The summed E-state index contributed by atoms with van der Waals surface area (Å²) in [6.45, 7) is 0. The Balaban J connectivity index is 2.49. The molecule has 0 spiro atoms. The molecule has 2 heterocycles. The number of nitrogens with one attached hydrogen (secondary N) is 1. The highest BCUT2D eigenvalue weighted by Crippen LogP contribution is 2.23. The predicted molar refractivity (Wildman–Crippen MR) is 72.1 cm³/mol. The third-order valence-corrected chi connectivity index (χ3v) is 3.25. The van der Waals surface area contributed by atoms with Crippen LogP contribution in [0.3, 0.4) is 0 Å². The summed E-state index contributed by atoms with van der Waals surface area (Å²) in [7, 11) is 0. The van der Waals surface area contributed by atoms with Crippen molar-refractivity contribution in [1.29, 1.82) is 10.7 Å². The summed E-state index contributed by atoms with van der Waals surface area (Å²) in [5.41, 5.74) is 7.81. The second-order valence-corrected chi connectivity index (χ2v) is 4.64. The van der Waals surface area contributed by atoms with E-state index in [0.717, 1.165) is 16.5 Å². The number of nitriles is 1. The van der Waals surface area contributed by atoms with Gasteiger partial charge >= 0.3 is 0 Å². The van der Waals surface area contributed by atoms with Crippen LogP contribution in [0.4, 0.5) is 0 Å². The van der Waals surface area contributed by atoms with Crippen LogP contribution < -0.4 is 5.73 Å². The third-order valence-electron chi connectivity index (χ3n) is 2.48. The molecular weight excluding hydrogens is 246 g/mol. The fraction of sp³-hybridized carbons (Fsp3) is 0.167. The zero-order chi connectivity index (χ0) is 13.0. The molecule has 0 radical (unpaired) electrons. The Bertz CT molecular complexity index is 632. The van der Waals surface area contributed by atoms with E-state index in [-0.39, 0.29) is 5.17 Å². The maximum Gasteiger partial charge on any atom is 0.159 e. The van der Waals surface area contributed by atoms with Crippen molar-refractivity contribution < 1.29 is 0 Å². The van der Waals surface area contributed by atoms with Gasteiger partial charge in [0.2, 0.25) is 0 Å². The Kier molecular flexibility index (Phi) is 3.75. The summed E-state index contributed by atoms with van der Waals surface area (Å²) >= 11 is 1.22.